The smallest absolute Gasteiger partial charge is 0.337 e. The van der Waals surface area contributed by atoms with Crippen molar-refractivity contribution in [3.05, 3.63) is 108 Å². The van der Waals surface area contributed by atoms with E-state index in [4.69, 9.17) is 4.74 Å². The Morgan fingerprint density at radius 1 is 0.884 bits per heavy atom. The highest BCUT2D eigenvalue weighted by molar-refractivity contribution is 6.01. The van der Waals surface area contributed by atoms with Gasteiger partial charge in [0.15, 0.2) is 0 Å². The van der Waals surface area contributed by atoms with Gasteiger partial charge in [0.1, 0.15) is 0 Å². The summed E-state index contributed by atoms with van der Waals surface area (Å²) >= 11 is 0. The fourth-order valence-corrected chi connectivity index (χ4v) is 5.36. The second kappa shape index (κ2) is 10.8. The Morgan fingerprint density at radius 3 is 2.49 bits per heavy atom. The molecule has 0 atom stereocenters. The van der Waals surface area contributed by atoms with Crippen molar-refractivity contribution in [1.29, 1.82) is 0 Å². The van der Waals surface area contributed by atoms with Crippen LogP contribution in [0.4, 0.5) is 0 Å². The number of imidazole rings is 1. The van der Waals surface area contributed by atoms with Crippen LogP contribution in [0.3, 0.4) is 0 Å². The molecule has 0 amide bonds. The molecule has 0 aliphatic rings. The molecule has 0 fully saturated rings. The van der Waals surface area contributed by atoms with E-state index in [0.29, 0.717) is 36.0 Å². The van der Waals surface area contributed by atoms with E-state index >= 15 is 0 Å². The summed E-state index contributed by atoms with van der Waals surface area (Å²) in [7, 11) is 0. The van der Waals surface area contributed by atoms with E-state index < -0.39 is 5.97 Å². The van der Waals surface area contributed by atoms with E-state index in [1.165, 1.54) is 0 Å². The quantitative estimate of drug-likeness (QED) is 0.220. The lowest BCUT2D eigenvalue weighted by atomic mass is 9.94. The molecule has 0 aliphatic carbocycles. The van der Waals surface area contributed by atoms with Crippen molar-refractivity contribution in [2.24, 2.45) is 0 Å². The van der Waals surface area contributed by atoms with E-state index in [2.05, 4.69) is 48.8 Å². The molecule has 3 heterocycles. The number of rotatable bonds is 8. The number of H-pyrrole nitrogens is 1. The van der Waals surface area contributed by atoms with Gasteiger partial charge in [-0.25, -0.2) is 4.79 Å². The first-order valence-electron chi connectivity index (χ1n) is 13.8. The van der Waals surface area contributed by atoms with Crippen LogP contribution in [-0.4, -0.2) is 52.8 Å². The van der Waals surface area contributed by atoms with Gasteiger partial charge in [0.25, 0.3) is 6.01 Å². The highest BCUT2D eigenvalue weighted by Crippen LogP contribution is 2.35. The molecule has 0 unspecified atom stereocenters. The second-order valence-corrected chi connectivity index (χ2v) is 10.0. The largest absolute Gasteiger partial charge is 0.478 e. The molecule has 10 nitrogen and oxygen atoms in total. The maximum absolute atomic E-state index is 12.0. The van der Waals surface area contributed by atoms with E-state index in [1.807, 2.05) is 72.3 Å². The van der Waals surface area contributed by atoms with Crippen molar-refractivity contribution < 1.29 is 14.6 Å². The van der Waals surface area contributed by atoms with E-state index in [0.717, 1.165) is 44.3 Å². The number of aromatic amines is 1. The number of carboxylic acids is 1. The van der Waals surface area contributed by atoms with E-state index in [1.54, 1.807) is 18.2 Å². The first kappa shape index (κ1) is 26.0. The molecule has 0 radical (unpaired) electrons. The van der Waals surface area contributed by atoms with Crippen molar-refractivity contribution in [1.82, 2.24) is 35.2 Å². The fourth-order valence-electron chi connectivity index (χ4n) is 5.36. The number of benzene rings is 4. The van der Waals surface area contributed by atoms with Crippen LogP contribution in [0.15, 0.2) is 97.2 Å². The van der Waals surface area contributed by atoms with Crippen LogP contribution in [0.25, 0.3) is 55.6 Å². The summed E-state index contributed by atoms with van der Waals surface area (Å²) in [6, 6.07) is 29.9. The fraction of sp³-hybridized carbons (Fsp3) is 0.0909. The van der Waals surface area contributed by atoms with Gasteiger partial charge in [-0.3, -0.25) is 9.55 Å². The molecule has 210 valence electrons. The Morgan fingerprint density at radius 2 is 1.70 bits per heavy atom. The Balaban J connectivity index is 1.29. The van der Waals surface area contributed by atoms with Crippen LogP contribution in [-0.2, 0) is 6.54 Å². The number of carboxylic acid groups (broad SMARTS) is 1. The minimum Gasteiger partial charge on any atom is -0.478 e. The van der Waals surface area contributed by atoms with E-state index in [-0.39, 0.29) is 5.56 Å². The Kier molecular flexibility index (Phi) is 6.55. The van der Waals surface area contributed by atoms with Crippen LogP contribution in [0.1, 0.15) is 22.8 Å². The molecule has 7 aromatic rings. The predicted molar refractivity (Wildman–Crippen MR) is 163 cm³/mol. The molecule has 0 bridgehead atoms. The lowest BCUT2D eigenvalue weighted by molar-refractivity contribution is 0.0698. The molecule has 0 aliphatic heterocycles. The van der Waals surface area contributed by atoms with Crippen LogP contribution in [0, 0.1) is 0 Å². The summed E-state index contributed by atoms with van der Waals surface area (Å²) in [6.45, 7) is 2.67. The summed E-state index contributed by atoms with van der Waals surface area (Å²) < 4.78 is 7.61. The van der Waals surface area contributed by atoms with Crippen LogP contribution < -0.4 is 4.74 Å². The first-order valence-corrected chi connectivity index (χ1v) is 13.8. The van der Waals surface area contributed by atoms with Gasteiger partial charge in [0.2, 0.25) is 5.82 Å². The number of nitrogens with zero attached hydrogens (tertiary/aromatic N) is 6. The maximum atomic E-state index is 12.0. The minimum absolute atomic E-state index is 0.178. The molecule has 3 aromatic heterocycles. The topological polar surface area (TPSA) is 132 Å². The molecule has 43 heavy (non-hydrogen) atoms. The Bertz CT molecular complexity index is 2100. The van der Waals surface area contributed by atoms with Gasteiger partial charge in [-0.15, -0.1) is 10.2 Å². The number of para-hydroxylation sites is 2. The average molecular weight is 568 g/mol. The average Bonchev–Trinajstić information content (AvgIpc) is 3.70. The number of ether oxygens (including phenoxy) is 1. The van der Waals surface area contributed by atoms with Gasteiger partial charge < -0.3 is 9.84 Å². The van der Waals surface area contributed by atoms with Crippen LogP contribution >= 0.6 is 0 Å². The molecule has 0 saturated heterocycles. The van der Waals surface area contributed by atoms with Crippen molar-refractivity contribution in [2.75, 3.05) is 6.61 Å². The highest BCUT2D eigenvalue weighted by Gasteiger charge is 2.19. The number of aromatic nitrogens is 7. The Hall–Kier alpha value is -5.90. The molecule has 7 rings (SSSR count). The summed E-state index contributed by atoms with van der Waals surface area (Å²) in [5, 5.41) is 25.7. The second-order valence-electron chi connectivity index (χ2n) is 10.0. The standard InChI is InChI=1S/C33H25N7O3/c1-2-43-33-35-29-9-5-7-26(32(41)42)30(29)40(33)19-20-10-12-21(13-11-20)27-17-22(14-15-25(27)31-36-38-39-37-31)24-16-23-6-3-4-8-28(23)34-18-24/h3-18H,2,19H2,1H3,(H,41,42)(H,36,37,38,39). The molecular formula is C33H25N7O3. The van der Waals surface area contributed by atoms with Crippen molar-refractivity contribution in [2.45, 2.75) is 13.5 Å². The summed E-state index contributed by atoms with van der Waals surface area (Å²) in [4.78, 5) is 21.2. The number of tetrazole rings is 1. The molecule has 10 heteroatoms. The number of carbonyl (C=O) groups is 1. The number of fused-ring (bicyclic) bond motifs is 2. The number of hydrogen-bond donors (Lipinski definition) is 2. The Labute approximate surface area is 245 Å². The van der Waals surface area contributed by atoms with Crippen molar-refractivity contribution in [3.63, 3.8) is 0 Å². The first-order chi connectivity index (χ1) is 21.1. The van der Waals surface area contributed by atoms with Crippen LogP contribution in [0.5, 0.6) is 6.01 Å². The third kappa shape index (κ3) is 4.84. The summed E-state index contributed by atoms with van der Waals surface area (Å²) in [6.07, 6.45) is 1.88. The SMILES string of the molecule is CCOc1nc2cccc(C(=O)O)c2n1Cc1ccc(-c2cc(-c3cnc4ccccc4c3)ccc2-c2nn[nH]n2)cc1. The third-order valence-electron chi connectivity index (χ3n) is 7.37. The molecule has 0 spiro atoms. The zero-order chi connectivity index (χ0) is 29.3. The normalized spacial score (nSPS) is 11.3. The van der Waals surface area contributed by atoms with Gasteiger partial charge in [0, 0.05) is 22.7 Å². The summed E-state index contributed by atoms with van der Waals surface area (Å²) in [5.74, 6) is -0.518. The molecular weight excluding hydrogens is 542 g/mol. The van der Waals surface area contributed by atoms with Gasteiger partial charge >= 0.3 is 5.97 Å². The molecule has 0 saturated carbocycles. The highest BCUT2D eigenvalue weighted by atomic mass is 16.5. The van der Waals surface area contributed by atoms with Crippen molar-refractivity contribution >= 4 is 27.9 Å². The van der Waals surface area contributed by atoms with Crippen molar-refractivity contribution in [3.8, 4) is 39.7 Å². The zero-order valence-electron chi connectivity index (χ0n) is 23.1. The lowest BCUT2D eigenvalue weighted by Crippen LogP contribution is -2.08. The molecule has 2 N–H and O–H groups in total. The zero-order valence-corrected chi connectivity index (χ0v) is 23.1. The van der Waals surface area contributed by atoms with Gasteiger partial charge in [-0.2, -0.15) is 10.2 Å². The predicted octanol–water partition coefficient (Wildman–Crippen LogP) is 6.24. The monoisotopic (exact) mass is 567 g/mol. The number of nitrogens with one attached hydrogen (secondary N) is 1. The molecule has 4 aromatic carbocycles. The van der Waals surface area contributed by atoms with Gasteiger partial charge in [-0.05, 0) is 70.8 Å². The maximum Gasteiger partial charge on any atom is 0.337 e. The minimum atomic E-state index is -1.01. The third-order valence-corrected chi connectivity index (χ3v) is 7.37. The van der Waals surface area contributed by atoms with Gasteiger partial charge in [-0.1, -0.05) is 54.6 Å². The van der Waals surface area contributed by atoms with E-state index in [9.17, 15) is 9.90 Å². The van der Waals surface area contributed by atoms with Gasteiger partial charge in [0.05, 0.1) is 35.3 Å². The summed E-state index contributed by atoms with van der Waals surface area (Å²) in [5.41, 5.74) is 7.93. The van der Waals surface area contributed by atoms with Crippen LogP contribution in [0.2, 0.25) is 0 Å². The number of hydrogen-bond acceptors (Lipinski definition) is 7. The lowest BCUT2D eigenvalue weighted by Gasteiger charge is -2.13. The number of pyridine rings is 1. The number of aromatic carboxylic acids is 1.